The second-order valence-electron chi connectivity index (χ2n) is 6.79. The Labute approximate surface area is 144 Å². The average Bonchev–Trinajstić information content (AvgIpc) is 3.14. The summed E-state index contributed by atoms with van der Waals surface area (Å²) in [5.41, 5.74) is 0. The van der Waals surface area contributed by atoms with Crippen LogP contribution in [0.3, 0.4) is 0 Å². The van der Waals surface area contributed by atoms with Crippen LogP contribution in [0.4, 0.5) is 0 Å². The second-order valence-corrected chi connectivity index (χ2v) is 8.24. The molecule has 0 aliphatic carbocycles. The average molecular weight is 339 g/mol. The Morgan fingerprint density at radius 1 is 1.43 bits per heavy atom. The molecule has 1 aromatic heterocycles. The van der Waals surface area contributed by atoms with Crippen LogP contribution in [0.2, 0.25) is 0 Å². The molecule has 0 bridgehead atoms. The van der Waals surface area contributed by atoms with Gasteiger partial charge in [0.1, 0.15) is 6.33 Å². The first kappa shape index (κ1) is 18.3. The molecular formula is C17H30N4OS. The van der Waals surface area contributed by atoms with Crippen LogP contribution in [-0.4, -0.2) is 43.1 Å². The van der Waals surface area contributed by atoms with Crippen LogP contribution in [-0.2, 0) is 11.3 Å². The highest BCUT2D eigenvalue weighted by molar-refractivity contribution is 8.00. The summed E-state index contributed by atoms with van der Waals surface area (Å²) in [5, 5.41) is 8.45. The Balaban J connectivity index is 2.05. The molecule has 130 valence electrons. The van der Waals surface area contributed by atoms with E-state index in [-0.39, 0.29) is 17.2 Å². The molecule has 2 heterocycles. The van der Waals surface area contributed by atoms with E-state index in [9.17, 15) is 4.79 Å². The fourth-order valence-electron chi connectivity index (χ4n) is 3.06. The molecule has 0 aromatic carbocycles. The van der Waals surface area contributed by atoms with Crippen LogP contribution in [0.15, 0.2) is 6.33 Å². The normalized spacial score (nSPS) is 19.5. The smallest absolute Gasteiger partial charge is 0.236 e. The Kier molecular flexibility index (Phi) is 6.93. The van der Waals surface area contributed by atoms with E-state index in [1.165, 1.54) is 12.8 Å². The molecule has 2 rings (SSSR count). The van der Waals surface area contributed by atoms with Gasteiger partial charge in [0, 0.05) is 13.1 Å². The Morgan fingerprint density at radius 2 is 2.22 bits per heavy atom. The van der Waals surface area contributed by atoms with Crippen molar-refractivity contribution < 1.29 is 4.79 Å². The molecule has 0 saturated carbocycles. The lowest BCUT2D eigenvalue weighted by Gasteiger charge is -2.27. The van der Waals surface area contributed by atoms with Crippen molar-refractivity contribution in [1.29, 1.82) is 0 Å². The van der Waals surface area contributed by atoms with E-state index < -0.39 is 0 Å². The van der Waals surface area contributed by atoms with Crippen molar-refractivity contribution in [2.45, 2.75) is 71.2 Å². The zero-order chi connectivity index (χ0) is 16.8. The van der Waals surface area contributed by atoms with Gasteiger partial charge in [0.2, 0.25) is 5.91 Å². The SMILES string of the molecule is CCCCS[C@H](C)C(=O)N1CCC[C@@H]1c1nncn1CC(C)C. The van der Waals surface area contributed by atoms with Crippen molar-refractivity contribution in [3.63, 3.8) is 0 Å². The lowest BCUT2D eigenvalue weighted by molar-refractivity contribution is -0.131. The zero-order valence-corrected chi connectivity index (χ0v) is 15.7. The molecule has 1 saturated heterocycles. The molecule has 1 aromatic rings. The maximum atomic E-state index is 12.8. The largest absolute Gasteiger partial charge is 0.331 e. The Morgan fingerprint density at radius 3 is 2.91 bits per heavy atom. The van der Waals surface area contributed by atoms with Gasteiger partial charge in [-0.25, -0.2) is 0 Å². The lowest BCUT2D eigenvalue weighted by atomic mass is 10.1. The van der Waals surface area contributed by atoms with E-state index in [0.29, 0.717) is 5.92 Å². The van der Waals surface area contributed by atoms with Crippen LogP contribution < -0.4 is 0 Å². The number of hydrogen-bond acceptors (Lipinski definition) is 4. The molecule has 23 heavy (non-hydrogen) atoms. The molecule has 0 unspecified atom stereocenters. The van der Waals surface area contributed by atoms with E-state index in [4.69, 9.17) is 0 Å². The number of amides is 1. The second kappa shape index (κ2) is 8.71. The van der Waals surface area contributed by atoms with Crippen LogP contribution >= 0.6 is 11.8 Å². The fraction of sp³-hybridized carbons (Fsp3) is 0.824. The predicted octanol–water partition coefficient (Wildman–Crippen LogP) is 3.52. The van der Waals surface area contributed by atoms with Crippen LogP contribution in [0.1, 0.15) is 65.2 Å². The molecule has 0 N–H and O–H groups in total. The molecule has 6 heteroatoms. The minimum Gasteiger partial charge on any atom is -0.331 e. The van der Waals surface area contributed by atoms with E-state index in [0.717, 1.165) is 37.5 Å². The highest BCUT2D eigenvalue weighted by Gasteiger charge is 2.35. The number of nitrogens with zero attached hydrogens (tertiary/aromatic N) is 4. The molecule has 1 aliphatic rings. The van der Waals surface area contributed by atoms with Crippen molar-refractivity contribution in [3.05, 3.63) is 12.2 Å². The van der Waals surface area contributed by atoms with Gasteiger partial charge in [-0.15, -0.1) is 22.0 Å². The van der Waals surface area contributed by atoms with Crippen LogP contribution in [0.5, 0.6) is 0 Å². The van der Waals surface area contributed by atoms with E-state index in [1.54, 1.807) is 18.1 Å². The van der Waals surface area contributed by atoms with Crippen molar-refractivity contribution in [2.24, 2.45) is 5.92 Å². The van der Waals surface area contributed by atoms with Gasteiger partial charge in [0.15, 0.2) is 5.82 Å². The fourth-order valence-corrected chi connectivity index (χ4v) is 4.15. The number of aromatic nitrogens is 3. The van der Waals surface area contributed by atoms with E-state index in [1.807, 2.05) is 11.8 Å². The van der Waals surface area contributed by atoms with Gasteiger partial charge in [-0.2, -0.15) is 0 Å². The van der Waals surface area contributed by atoms with Gasteiger partial charge < -0.3 is 9.47 Å². The summed E-state index contributed by atoms with van der Waals surface area (Å²) in [6.07, 6.45) is 6.20. The summed E-state index contributed by atoms with van der Waals surface area (Å²) in [6, 6.07) is 0.0953. The van der Waals surface area contributed by atoms with Crippen LogP contribution in [0.25, 0.3) is 0 Å². The summed E-state index contributed by atoms with van der Waals surface area (Å²) < 4.78 is 2.12. The summed E-state index contributed by atoms with van der Waals surface area (Å²) in [6.45, 7) is 10.3. The molecule has 2 atom stereocenters. The number of thioether (sulfide) groups is 1. The minimum atomic E-state index is 0.0311. The van der Waals surface area contributed by atoms with Crippen LogP contribution in [0, 0.1) is 5.92 Å². The predicted molar refractivity (Wildman–Crippen MR) is 95.4 cm³/mol. The van der Waals surface area contributed by atoms with Crippen molar-refractivity contribution in [3.8, 4) is 0 Å². The Hall–Kier alpha value is -1.04. The molecule has 1 fully saturated rings. The van der Waals surface area contributed by atoms with Gasteiger partial charge in [0.25, 0.3) is 0 Å². The Bertz CT molecular complexity index is 503. The monoisotopic (exact) mass is 338 g/mol. The summed E-state index contributed by atoms with van der Waals surface area (Å²) in [7, 11) is 0. The summed E-state index contributed by atoms with van der Waals surface area (Å²) in [5.74, 6) is 2.81. The van der Waals surface area contributed by atoms with Gasteiger partial charge >= 0.3 is 0 Å². The molecule has 1 amide bonds. The third-order valence-electron chi connectivity index (χ3n) is 4.25. The highest BCUT2D eigenvalue weighted by Crippen LogP contribution is 2.33. The van der Waals surface area contributed by atoms with Gasteiger partial charge in [-0.05, 0) is 37.9 Å². The zero-order valence-electron chi connectivity index (χ0n) is 14.9. The molecule has 5 nitrogen and oxygen atoms in total. The highest BCUT2D eigenvalue weighted by atomic mass is 32.2. The third-order valence-corrected chi connectivity index (χ3v) is 5.48. The number of rotatable bonds is 8. The first-order chi connectivity index (χ1) is 11.0. The first-order valence-electron chi connectivity index (χ1n) is 8.84. The summed E-state index contributed by atoms with van der Waals surface area (Å²) >= 11 is 1.78. The van der Waals surface area contributed by atoms with Gasteiger partial charge in [-0.1, -0.05) is 27.2 Å². The minimum absolute atomic E-state index is 0.0311. The lowest BCUT2D eigenvalue weighted by Crippen LogP contribution is -2.37. The number of carbonyl (C=O) groups excluding carboxylic acids is 1. The maximum Gasteiger partial charge on any atom is 0.236 e. The van der Waals surface area contributed by atoms with Crippen molar-refractivity contribution in [2.75, 3.05) is 12.3 Å². The topological polar surface area (TPSA) is 51.0 Å². The standard InChI is InChI=1S/C17H30N4OS/c1-5-6-10-23-14(4)17(22)21-9-7-8-15(21)16-19-18-12-20(16)11-13(2)3/h12-15H,5-11H2,1-4H3/t14-,15-/m1/s1. The summed E-state index contributed by atoms with van der Waals surface area (Å²) in [4.78, 5) is 14.9. The van der Waals surface area contributed by atoms with E-state index >= 15 is 0 Å². The molecule has 0 radical (unpaired) electrons. The molecule has 0 spiro atoms. The van der Waals surface area contributed by atoms with Crippen molar-refractivity contribution >= 4 is 17.7 Å². The quantitative estimate of drug-likeness (QED) is 0.681. The number of likely N-dealkylation sites (tertiary alicyclic amines) is 1. The maximum absolute atomic E-state index is 12.8. The molecule has 1 aliphatic heterocycles. The molecular weight excluding hydrogens is 308 g/mol. The van der Waals surface area contributed by atoms with Gasteiger partial charge in [0.05, 0.1) is 11.3 Å². The first-order valence-corrected chi connectivity index (χ1v) is 9.89. The third kappa shape index (κ3) is 4.72. The number of unbranched alkanes of at least 4 members (excludes halogenated alkanes) is 1. The number of carbonyl (C=O) groups is 1. The number of hydrogen-bond donors (Lipinski definition) is 0. The van der Waals surface area contributed by atoms with Gasteiger partial charge in [-0.3, -0.25) is 4.79 Å². The van der Waals surface area contributed by atoms with Crippen molar-refractivity contribution in [1.82, 2.24) is 19.7 Å². The van der Waals surface area contributed by atoms with E-state index in [2.05, 4.69) is 35.5 Å².